The van der Waals surface area contributed by atoms with Gasteiger partial charge >= 0.3 is 19.3 Å². The zero-order chi connectivity index (χ0) is 12.5. The smallest absolute Gasteiger partial charge is 0.478 e. The first-order chi connectivity index (χ1) is 7.23. The van der Waals surface area contributed by atoms with E-state index < -0.39 is 35.9 Å². The summed E-state index contributed by atoms with van der Waals surface area (Å²) in [4.78, 5) is 10.5. The topological polar surface area (TPSA) is 77.8 Å². The number of hydrogen-bond acceptors (Lipinski definition) is 3. The fourth-order valence-corrected chi connectivity index (χ4v) is 1.17. The molecule has 0 radical (unpaired) electrons. The summed E-state index contributed by atoms with van der Waals surface area (Å²) in [6.07, 6.45) is -4.77. The Morgan fingerprint density at radius 2 is 1.81 bits per heavy atom. The van der Waals surface area contributed by atoms with Gasteiger partial charge in [0, 0.05) is 0 Å². The monoisotopic (exact) mass is 234 g/mol. The first-order valence-electron chi connectivity index (χ1n) is 4.04. The summed E-state index contributed by atoms with van der Waals surface area (Å²) >= 11 is 0. The molecule has 0 spiro atoms. The van der Waals surface area contributed by atoms with Gasteiger partial charge in [-0.2, -0.15) is 13.2 Å². The molecule has 0 aliphatic heterocycles. The van der Waals surface area contributed by atoms with Gasteiger partial charge < -0.3 is 15.2 Å². The van der Waals surface area contributed by atoms with Crippen LogP contribution in [-0.2, 0) is 6.18 Å². The Balaban J connectivity index is 3.37. The predicted octanol–water partition coefficient (Wildman–Crippen LogP) is 0.0834. The van der Waals surface area contributed by atoms with E-state index in [0.29, 0.717) is 12.1 Å². The third kappa shape index (κ3) is 2.53. The van der Waals surface area contributed by atoms with Gasteiger partial charge in [0.2, 0.25) is 0 Å². The number of alkyl halides is 3. The van der Waals surface area contributed by atoms with E-state index in [9.17, 15) is 18.0 Å². The Bertz CT molecular complexity index is 416. The van der Waals surface area contributed by atoms with Crippen molar-refractivity contribution in [3.05, 3.63) is 29.3 Å². The van der Waals surface area contributed by atoms with E-state index in [0.717, 1.165) is 6.07 Å². The van der Waals surface area contributed by atoms with Crippen LogP contribution in [0.25, 0.3) is 0 Å². The largest absolute Gasteiger partial charge is 0.489 e. The number of carboxylic acids is 1. The summed E-state index contributed by atoms with van der Waals surface area (Å²) in [6.45, 7) is 0. The molecule has 86 valence electrons. The van der Waals surface area contributed by atoms with Crippen LogP contribution in [-0.4, -0.2) is 28.2 Å². The molecule has 0 bridgehead atoms. The van der Waals surface area contributed by atoms with Crippen LogP contribution >= 0.6 is 0 Å². The number of halogens is 3. The minimum absolute atomic E-state index is 0.448. The molecule has 0 atom stereocenters. The van der Waals surface area contributed by atoms with Crippen molar-refractivity contribution in [1.82, 2.24) is 0 Å². The molecule has 0 heterocycles. The molecule has 0 saturated heterocycles. The molecule has 0 aromatic heterocycles. The molecule has 16 heavy (non-hydrogen) atoms. The molecular weight excluding hydrogens is 228 g/mol. The third-order valence-corrected chi connectivity index (χ3v) is 1.88. The van der Waals surface area contributed by atoms with Gasteiger partial charge in [0.25, 0.3) is 0 Å². The highest BCUT2D eigenvalue weighted by Gasteiger charge is 2.36. The highest BCUT2D eigenvalue weighted by Crippen LogP contribution is 2.28. The van der Waals surface area contributed by atoms with Crippen molar-refractivity contribution in [2.45, 2.75) is 6.18 Å². The van der Waals surface area contributed by atoms with Crippen LogP contribution in [0.5, 0.6) is 0 Å². The average Bonchev–Trinajstić information content (AvgIpc) is 2.15. The Hall–Kier alpha value is -1.54. The second-order valence-corrected chi connectivity index (χ2v) is 2.98. The van der Waals surface area contributed by atoms with Crippen molar-refractivity contribution in [2.75, 3.05) is 0 Å². The minimum Gasteiger partial charge on any atom is -0.478 e. The number of carbonyl (C=O) groups is 1. The van der Waals surface area contributed by atoms with Crippen LogP contribution in [0.3, 0.4) is 0 Å². The first-order valence-corrected chi connectivity index (χ1v) is 4.04. The van der Waals surface area contributed by atoms with Crippen molar-refractivity contribution in [1.29, 1.82) is 0 Å². The summed E-state index contributed by atoms with van der Waals surface area (Å²) in [5, 5.41) is 26.0. The summed E-state index contributed by atoms with van der Waals surface area (Å²) in [6, 6.07) is 1.82. The zero-order valence-electron chi connectivity index (χ0n) is 7.69. The van der Waals surface area contributed by atoms with E-state index in [2.05, 4.69) is 0 Å². The summed E-state index contributed by atoms with van der Waals surface area (Å²) in [5.74, 6) is -1.45. The van der Waals surface area contributed by atoms with Crippen molar-refractivity contribution >= 4 is 18.6 Å². The summed E-state index contributed by atoms with van der Waals surface area (Å²) in [5.41, 5.74) is -2.60. The van der Waals surface area contributed by atoms with Gasteiger partial charge in [-0.1, -0.05) is 0 Å². The van der Waals surface area contributed by atoms with Crippen LogP contribution in [0.2, 0.25) is 0 Å². The van der Waals surface area contributed by atoms with Crippen molar-refractivity contribution in [2.24, 2.45) is 0 Å². The van der Waals surface area contributed by atoms with Crippen molar-refractivity contribution in [3.8, 4) is 0 Å². The van der Waals surface area contributed by atoms with Crippen LogP contribution in [0.15, 0.2) is 18.2 Å². The normalized spacial score (nSPS) is 11.3. The lowest BCUT2D eigenvalue weighted by atomic mass is 9.76. The second kappa shape index (κ2) is 4.15. The third-order valence-electron chi connectivity index (χ3n) is 1.88. The lowest BCUT2D eigenvalue weighted by Crippen LogP contribution is -2.36. The standard InChI is InChI=1S/C8H6BF3O4/c10-8(11,12)5-2-1-4(7(13)14)3-6(5)9(15)16/h1-3,15-16H,(H,13,14). The molecule has 1 rings (SSSR count). The Morgan fingerprint density at radius 1 is 1.25 bits per heavy atom. The van der Waals surface area contributed by atoms with E-state index in [-0.39, 0.29) is 0 Å². The number of rotatable bonds is 2. The molecule has 0 aliphatic rings. The van der Waals surface area contributed by atoms with E-state index in [1.807, 2.05) is 0 Å². The molecule has 0 fully saturated rings. The fraction of sp³-hybridized carbons (Fsp3) is 0.125. The van der Waals surface area contributed by atoms with Crippen molar-refractivity contribution < 1.29 is 33.1 Å². The zero-order valence-corrected chi connectivity index (χ0v) is 7.69. The van der Waals surface area contributed by atoms with Gasteiger partial charge in [0.15, 0.2) is 0 Å². The highest BCUT2D eigenvalue weighted by atomic mass is 19.4. The average molecular weight is 234 g/mol. The quantitative estimate of drug-likeness (QED) is 0.633. The van der Waals surface area contributed by atoms with E-state index >= 15 is 0 Å². The maximum absolute atomic E-state index is 12.4. The molecular formula is C8H6BF3O4. The van der Waals surface area contributed by atoms with Crippen LogP contribution < -0.4 is 5.46 Å². The molecule has 8 heteroatoms. The SMILES string of the molecule is O=C(O)c1ccc(C(F)(F)F)c(B(O)O)c1. The first kappa shape index (κ1) is 12.5. The summed E-state index contributed by atoms with van der Waals surface area (Å²) in [7, 11) is -2.38. The lowest BCUT2D eigenvalue weighted by molar-refractivity contribution is -0.136. The van der Waals surface area contributed by atoms with E-state index in [1.54, 1.807) is 0 Å². The number of benzene rings is 1. The van der Waals surface area contributed by atoms with Gasteiger partial charge in [-0.25, -0.2) is 4.79 Å². The Morgan fingerprint density at radius 3 is 2.19 bits per heavy atom. The molecule has 1 aromatic carbocycles. The number of carboxylic acid groups (broad SMARTS) is 1. The maximum Gasteiger partial charge on any atom is 0.489 e. The van der Waals surface area contributed by atoms with Gasteiger partial charge in [-0.3, -0.25) is 0 Å². The number of aromatic carboxylic acids is 1. The molecule has 3 N–H and O–H groups in total. The molecule has 1 aromatic rings. The minimum atomic E-state index is -4.77. The molecule has 4 nitrogen and oxygen atoms in total. The number of hydrogen-bond donors (Lipinski definition) is 3. The second-order valence-electron chi connectivity index (χ2n) is 2.98. The Kier molecular flexibility index (Phi) is 3.25. The van der Waals surface area contributed by atoms with E-state index in [1.165, 1.54) is 0 Å². The van der Waals surface area contributed by atoms with Crippen LogP contribution in [0.1, 0.15) is 15.9 Å². The predicted molar refractivity (Wildman–Crippen MR) is 48.2 cm³/mol. The molecule has 0 unspecified atom stereocenters. The Labute approximate surface area is 88.1 Å². The maximum atomic E-state index is 12.4. The van der Waals surface area contributed by atoms with Gasteiger partial charge in [0.05, 0.1) is 11.1 Å². The van der Waals surface area contributed by atoms with Gasteiger partial charge in [-0.15, -0.1) is 0 Å². The lowest BCUT2D eigenvalue weighted by Gasteiger charge is -2.12. The van der Waals surface area contributed by atoms with Crippen LogP contribution in [0, 0.1) is 0 Å². The van der Waals surface area contributed by atoms with Gasteiger partial charge in [0.1, 0.15) is 0 Å². The van der Waals surface area contributed by atoms with Gasteiger partial charge in [-0.05, 0) is 23.7 Å². The molecule has 0 amide bonds. The van der Waals surface area contributed by atoms with Crippen molar-refractivity contribution in [3.63, 3.8) is 0 Å². The fourth-order valence-electron chi connectivity index (χ4n) is 1.17. The van der Waals surface area contributed by atoms with E-state index in [4.69, 9.17) is 15.2 Å². The molecule has 0 aliphatic carbocycles. The van der Waals surface area contributed by atoms with Crippen LogP contribution in [0.4, 0.5) is 13.2 Å². The molecule has 0 saturated carbocycles. The summed E-state index contributed by atoms with van der Waals surface area (Å²) < 4.78 is 37.1. The highest BCUT2D eigenvalue weighted by molar-refractivity contribution is 6.59.